The van der Waals surface area contributed by atoms with Crippen molar-refractivity contribution in [2.24, 2.45) is 11.5 Å². The topological polar surface area (TPSA) is 440 Å². The number of nitrogens with two attached hydrogens (primary N) is 2. The molecule has 35 heavy (non-hydrogen) atoms. The van der Waals surface area contributed by atoms with Gasteiger partial charge in [-0.15, -0.1) is 0 Å². The summed E-state index contributed by atoms with van der Waals surface area (Å²) in [5.74, 6) is 0. The maximum Gasteiger partial charge on any atom is 0.662 e. The molecule has 0 spiro atoms. The molecule has 0 aromatic rings. The Labute approximate surface area is 201 Å². The summed E-state index contributed by atoms with van der Waals surface area (Å²) >= 11 is 0. The zero-order valence-corrected chi connectivity index (χ0v) is 24.6. The Bertz CT molecular complexity index is 624. The Kier molecular flexibility index (Phi) is 12.1. The van der Waals surface area contributed by atoms with Crippen LogP contribution in [0.4, 0.5) is 0 Å². The van der Waals surface area contributed by atoms with Crippen molar-refractivity contribution in [3.8, 4) is 0 Å². The van der Waals surface area contributed by atoms with Crippen LogP contribution in [0.25, 0.3) is 0 Å². The minimum absolute atomic E-state index is 1.08. The molecule has 33 heteroatoms. The molecule has 0 unspecified atom stereocenters. The van der Waals surface area contributed by atoms with E-state index in [1.54, 1.807) is 0 Å². The van der Waals surface area contributed by atoms with Crippen LogP contribution in [0.3, 0.4) is 0 Å². The molecule has 0 aromatic heterocycles. The van der Waals surface area contributed by atoms with Crippen molar-refractivity contribution in [2.45, 2.75) is 0 Å². The molecule has 0 fully saturated rings. The summed E-state index contributed by atoms with van der Waals surface area (Å²) in [6.45, 7) is 0. The zero-order valence-electron chi connectivity index (χ0n) is 16.6. The van der Waals surface area contributed by atoms with Gasteiger partial charge in [0.25, 0.3) is 0 Å². The minimum Gasteiger partial charge on any atom is -0.389 e. The number of hydrogen-bond acceptors (Lipinski definition) is 25. The molecule has 0 saturated heterocycles. The predicted octanol–water partition coefficient (Wildman–Crippen LogP) is -13.5. The quantitative estimate of drug-likeness (QED) is 0.0678. The molecule has 0 heterocycles. The van der Waals surface area contributed by atoms with Crippen LogP contribution < -0.4 is 11.5 Å². The first-order chi connectivity index (χ1) is 15.1. The summed E-state index contributed by atoms with van der Waals surface area (Å²) in [5.41, 5.74) is 9.68. The molecule has 0 bridgehead atoms. The molecular formula is C2H24N2O23Si8. The van der Waals surface area contributed by atoms with Crippen molar-refractivity contribution in [3.05, 3.63) is 0 Å². The van der Waals surface area contributed by atoms with E-state index in [1.165, 1.54) is 0 Å². The molecule has 0 aliphatic heterocycles. The third-order valence-corrected chi connectivity index (χ3v) is 18.9. The molecule has 0 aromatic carbocycles. The van der Waals surface area contributed by atoms with Crippen molar-refractivity contribution < 1.29 is 106 Å². The monoisotopic (exact) mass is 668 g/mol. The van der Waals surface area contributed by atoms with Crippen molar-refractivity contribution in [1.82, 2.24) is 0 Å². The van der Waals surface area contributed by atoms with Gasteiger partial charge in [0.1, 0.15) is 0 Å². The molecule has 0 radical (unpaired) electrons. The van der Waals surface area contributed by atoms with E-state index in [0.717, 1.165) is 0 Å². The summed E-state index contributed by atoms with van der Waals surface area (Å²) in [4.78, 5) is 150. The van der Waals surface area contributed by atoms with Crippen LogP contribution in [0.1, 0.15) is 0 Å². The zero-order chi connectivity index (χ0) is 28.4. The van der Waals surface area contributed by atoms with Crippen LogP contribution in [0, 0.1) is 0 Å². The average Bonchev–Trinajstić information content (AvgIpc) is 2.45. The molecule has 0 amide bonds. The molecule has 0 saturated carbocycles. The lowest BCUT2D eigenvalue weighted by molar-refractivity contribution is -0.0229. The van der Waals surface area contributed by atoms with Crippen LogP contribution in [0.2, 0.25) is 0 Å². The van der Waals surface area contributed by atoms with E-state index < -0.39 is 84.2 Å². The van der Waals surface area contributed by atoms with Crippen molar-refractivity contribution in [2.75, 3.05) is 12.3 Å². The predicted molar refractivity (Wildman–Crippen MR) is 107 cm³/mol. The summed E-state index contributed by atoms with van der Waals surface area (Å²) in [7, 11) is -47.0. The van der Waals surface area contributed by atoms with E-state index in [9.17, 15) is 76.7 Å². The lowest BCUT2D eigenvalue weighted by atomic mass is 11.5. The molecule has 212 valence electrons. The number of hydrogen-bond donors (Lipinski definition) is 18. The van der Waals surface area contributed by atoms with Crippen molar-refractivity contribution in [3.63, 3.8) is 0 Å². The molecular weight excluding hydrogens is 645 g/mol. The lowest BCUT2D eigenvalue weighted by Crippen LogP contribution is -2.69. The van der Waals surface area contributed by atoms with Crippen LogP contribution in [0.15, 0.2) is 0 Å². The van der Waals surface area contributed by atoms with E-state index in [-0.39, 0.29) is 0 Å². The second-order valence-corrected chi connectivity index (χ2v) is 22.0. The fraction of sp³-hybridized carbons (Fsp3) is 1.00. The largest absolute Gasteiger partial charge is 0.662 e. The number of rotatable bonds is 16. The van der Waals surface area contributed by atoms with Crippen molar-refractivity contribution in [1.29, 1.82) is 0 Å². The molecule has 0 aliphatic carbocycles. The van der Waals surface area contributed by atoms with Gasteiger partial charge in [0, 0.05) is 0 Å². The first kappa shape index (κ1) is 35.7. The van der Waals surface area contributed by atoms with Crippen LogP contribution >= 0.6 is 0 Å². The smallest absolute Gasteiger partial charge is 0.389 e. The van der Waals surface area contributed by atoms with Gasteiger partial charge in [0.05, 0.1) is 12.3 Å². The Morgan fingerprint density at radius 1 is 0.314 bits per heavy atom. The van der Waals surface area contributed by atoms with Gasteiger partial charge in [-0.05, 0) is 0 Å². The fourth-order valence-electron chi connectivity index (χ4n) is 1.50. The van der Waals surface area contributed by atoms with Gasteiger partial charge in [0.2, 0.25) is 0 Å². The Balaban J connectivity index is 5.31. The lowest BCUT2D eigenvalue weighted by Gasteiger charge is -2.32. The van der Waals surface area contributed by atoms with Gasteiger partial charge in [-0.3, -0.25) is 0 Å². The molecule has 0 rings (SSSR count). The second kappa shape index (κ2) is 11.9. The minimum atomic E-state index is -6.35. The average molecular weight is 669 g/mol. The second-order valence-electron chi connectivity index (χ2n) is 5.90. The Morgan fingerprint density at radius 2 is 0.457 bits per heavy atom. The van der Waals surface area contributed by atoms with Crippen LogP contribution in [0.5, 0.6) is 0 Å². The maximum absolute atomic E-state index is 9.52. The SMILES string of the molecule is NC[Si](O)(O)O[Si](O)(O)O[Si](O)(O)O[Si](O)(O)O[Si](O)(O)O[Si](O)(O)O[Si](O)(O)O[Si](O)(O)CN. The van der Waals surface area contributed by atoms with Crippen molar-refractivity contribution >= 4 is 71.9 Å². The maximum atomic E-state index is 9.52. The van der Waals surface area contributed by atoms with Gasteiger partial charge < -0.3 is 117 Å². The molecule has 25 nitrogen and oxygen atoms in total. The van der Waals surface area contributed by atoms with E-state index >= 15 is 0 Å². The van der Waals surface area contributed by atoms with E-state index in [4.69, 9.17) is 11.5 Å². The Hall–Kier alpha value is 0.735. The highest BCUT2D eigenvalue weighted by Gasteiger charge is 2.66. The van der Waals surface area contributed by atoms with Gasteiger partial charge in [-0.1, -0.05) is 0 Å². The third-order valence-electron chi connectivity index (χ3n) is 2.45. The summed E-state index contributed by atoms with van der Waals surface area (Å²) in [6.07, 6.45) is -2.17. The van der Waals surface area contributed by atoms with Gasteiger partial charge >= 0.3 is 71.9 Å². The highest BCUT2D eigenvalue weighted by molar-refractivity contribution is 6.79. The normalized spacial score (nSPS) is 15.6. The Morgan fingerprint density at radius 3 is 0.600 bits per heavy atom. The fourth-order valence-corrected chi connectivity index (χ4v) is 15.8. The van der Waals surface area contributed by atoms with Gasteiger partial charge in [0.15, 0.2) is 0 Å². The summed E-state index contributed by atoms with van der Waals surface area (Å²) in [6, 6.07) is 0. The summed E-state index contributed by atoms with van der Waals surface area (Å²) < 4.78 is 26.4. The highest BCUT2D eigenvalue weighted by Crippen LogP contribution is 2.19. The van der Waals surface area contributed by atoms with E-state index in [1.807, 2.05) is 0 Å². The van der Waals surface area contributed by atoms with E-state index in [2.05, 4.69) is 28.8 Å². The molecule has 0 aliphatic rings. The van der Waals surface area contributed by atoms with Crippen LogP contribution in [-0.2, 0) is 28.8 Å². The third kappa shape index (κ3) is 15.7. The first-order valence-electron chi connectivity index (χ1n) is 7.96. The van der Waals surface area contributed by atoms with Crippen LogP contribution in [-0.4, -0.2) is 161 Å². The summed E-state index contributed by atoms with van der Waals surface area (Å²) in [5, 5.41) is 0. The standard InChI is InChI=1S/C2H24N2O23Si8/c3-1-28(5,6)21-30(9,10)23-32(13,14)25-34(17,18)27-35(19,20)26-33(15,16)24-31(11,12)22-29(7,8)2-4/h5-20H,1-4H2. The highest BCUT2D eigenvalue weighted by atomic mass is 28.6. The first-order valence-corrected chi connectivity index (χ1v) is 22.2. The molecule has 20 N–H and O–H groups in total. The molecule has 0 atom stereocenters. The van der Waals surface area contributed by atoms with E-state index in [0.29, 0.717) is 0 Å². The van der Waals surface area contributed by atoms with Gasteiger partial charge in [-0.25, -0.2) is 0 Å². The van der Waals surface area contributed by atoms with Gasteiger partial charge in [-0.2, -0.15) is 0 Å².